The van der Waals surface area contributed by atoms with Crippen LogP contribution in [0.3, 0.4) is 0 Å². The molecule has 2 aliphatic rings. The predicted molar refractivity (Wildman–Crippen MR) is 141 cm³/mol. The molecule has 9 heteroatoms. The zero-order valence-electron chi connectivity index (χ0n) is 21.8. The van der Waals surface area contributed by atoms with Gasteiger partial charge in [0, 0.05) is 42.8 Å². The van der Waals surface area contributed by atoms with Crippen LogP contribution in [0.15, 0.2) is 53.7 Å². The molecule has 202 valence electrons. The third-order valence-corrected chi connectivity index (χ3v) is 7.26. The number of halogens is 2. The Morgan fingerprint density at radius 1 is 1.05 bits per heavy atom. The number of likely N-dealkylation sites (tertiary alicyclic amines) is 1. The SMILES string of the molecule is CC(=O)Nc1cccc(C2CCN(CCCNC(=O)C3=C(C)NC(=O)CC3c3ccc(F)c(F)c3)CC2)c1. The Kier molecular flexibility index (Phi) is 8.89. The lowest BCUT2D eigenvalue weighted by atomic mass is 9.84. The highest BCUT2D eigenvalue weighted by Crippen LogP contribution is 2.33. The molecule has 0 radical (unpaired) electrons. The van der Waals surface area contributed by atoms with Crippen molar-refractivity contribution in [3.05, 3.63) is 76.5 Å². The van der Waals surface area contributed by atoms with E-state index >= 15 is 0 Å². The zero-order valence-corrected chi connectivity index (χ0v) is 21.8. The highest BCUT2D eigenvalue weighted by Gasteiger charge is 2.32. The van der Waals surface area contributed by atoms with E-state index in [2.05, 4.69) is 33.0 Å². The zero-order chi connectivity index (χ0) is 27.2. The van der Waals surface area contributed by atoms with Crippen molar-refractivity contribution in [3.8, 4) is 0 Å². The van der Waals surface area contributed by atoms with Crippen molar-refractivity contribution in [2.24, 2.45) is 0 Å². The Hall–Kier alpha value is -3.59. The van der Waals surface area contributed by atoms with E-state index in [1.165, 1.54) is 18.6 Å². The number of hydrogen-bond donors (Lipinski definition) is 3. The van der Waals surface area contributed by atoms with Gasteiger partial charge in [-0.05, 0) is 87.1 Å². The number of carbonyl (C=O) groups is 3. The number of carbonyl (C=O) groups excluding carboxylic acids is 3. The van der Waals surface area contributed by atoms with Gasteiger partial charge in [-0.3, -0.25) is 14.4 Å². The maximum absolute atomic E-state index is 13.9. The van der Waals surface area contributed by atoms with E-state index in [0.29, 0.717) is 29.3 Å². The summed E-state index contributed by atoms with van der Waals surface area (Å²) in [6, 6.07) is 11.5. The van der Waals surface area contributed by atoms with E-state index in [1.54, 1.807) is 6.92 Å². The number of hydrogen-bond acceptors (Lipinski definition) is 4. The van der Waals surface area contributed by atoms with Crippen LogP contribution in [0.25, 0.3) is 0 Å². The smallest absolute Gasteiger partial charge is 0.249 e. The van der Waals surface area contributed by atoms with Gasteiger partial charge in [0.2, 0.25) is 17.7 Å². The van der Waals surface area contributed by atoms with Crippen LogP contribution in [0, 0.1) is 11.6 Å². The molecular formula is C29H34F2N4O3. The van der Waals surface area contributed by atoms with Gasteiger partial charge < -0.3 is 20.9 Å². The van der Waals surface area contributed by atoms with Crippen LogP contribution in [0.2, 0.25) is 0 Å². The third kappa shape index (κ3) is 6.83. The monoisotopic (exact) mass is 524 g/mol. The molecule has 2 heterocycles. The third-order valence-electron chi connectivity index (χ3n) is 7.26. The Labute approximate surface area is 221 Å². The largest absolute Gasteiger partial charge is 0.352 e. The molecule has 7 nitrogen and oxygen atoms in total. The van der Waals surface area contributed by atoms with Gasteiger partial charge >= 0.3 is 0 Å². The van der Waals surface area contributed by atoms with Gasteiger partial charge in [-0.1, -0.05) is 18.2 Å². The van der Waals surface area contributed by atoms with Crippen molar-refractivity contribution in [2.45, 2.75) is 51.4 Å². The first-order chi connectivity index (χ1) is 18.2. The molecule has 1 unspecified atom stereocenters. The van der Waals surface area contributed by atoms with E-state index in [4.69, 9.17) is 0 Å². The molecule has 1 atom stereocenters. The average molecular weight is 525 g/mol. The van der Waals surface area contributed by atoms with Gasteiger partial charge in [0.05, 0.1) is 0 Å². The number of nitrogens with one attached hydrogen (secondary N) is 3. The Morgan fingerprint density at radius 2 is 1.82 bits per heavy atom. The molecule has 3 amide bonds. The first kappa shape index (κ1) is 27.4. The van der Waals surface area contributed by atoms with Crippen molar-refractivity contribution < 1.29 is 23.2 Å². The van der Waals surface area contributed by atoms with Gasteiger partial charge in [0.1, 0.15) is 0 Å². The fourth-order valence-electron chi connectivity index (χ4n) is 5.38. The topological polar surface area (TPSA) is 90.5 Å². The van der Waals surface area contributed by atoms with Crippen molar-refractivity contribution in [2.75, 3.05) is 31.5 Å². The molecule has 38 heavy (non-hydrogen) atoms. The van der Waals surface area contributed by atoms with Gasteiger partial charge in [-0.2, -0.15) is 0 Å². The number of rotatable bonds is 8. The van der Waals surface area contributed by atoms with E-state index in [-0.39, 0.29) is 24.1 Å². The molecule has 0 aromatic heterocycles. The minimum Gasteiger partial charge on any atom is -0.352 e. The van der Waals surface area contributed by atoms with Gasteiger partial charge in [-0.25, -0.2) is 8.78 Å². The van der Waals surface area contributed by atoms with Crippen molar-refractivity contribution in [1.82, 2.24) is 15.5 Å². The average Bonchev–Trinajstić information content (AvgIpc) is 2.88. The summed E-state index contributed by atoms with van der Waals surface area (Å²) in [6.07, 6.45) is 2.81. The van der Waals surface area contributed by atoms with E-state index in [0.717, 1.165) is 56.7 Å². The quantitative estimate of drug-likeness (QED) is 0.452. The van der Waals surface area contributed by atoms with Crippen LogP contribution < -0.4 is 16.0 Å². The van der Waals surface area contributed by atoms with Gasteiger partial charge in [0.25, 0.3) is 0 Å². The summed E-state index contributed by atoms with van der Waals surface area (Å²) in [4.78, 5) is 38.9. The Morgan fingerprint density at radius 3 is 2.53 bits per heavy atom. The highest BCUT2D eigenvalue weighted by molar-refractivity contribution is 5.99. The van der Waals surface area contributed by atoms with Crippen LogP contribution in [-0.2, 0) is 14.4 Å². The summed E-state index contributed by atoms with van der Waals surface area (Å²) >= 11 is 0. The summed E-state index contributed by atoms with van der Waals surface area (Å²) < 4.78 is 27.3. The highest BCUT2D eigenvalue weighted by atomic mass is 19.2. The lowest BCUT2D eigenvalue weighted by Crippen LogP contribution is -2.39. The summed E-state index contributed by atoms with van der Waals surface area (Å²) in [5.74, 6) is -2.82. The minimum atomic E-state index is -1.00. The first-order valence-corrected chi connectivity index (χ1v) is 13.0. The second-order valence-corrected chi connectivity index (χ2v) is 10.0. The van der Waals surface area contributed by atoms with Gasteiger partial charge in [-0.15, -0.1) is 0 Å². The van der Waals surface area contributed by atoms with Crippen molar-refractivity contribution in [1.29, 1.82) is 0 Å². The van der Waals surface area contributed by atoms with Crippen LogP contribution in [-0.4, -0.2) is 48.8 Å². The number of allylic oxidation sites excluding steroid dienone is 1. The minimum absolute atomic E-state index is 0.00612. The molecule has 0 spiro atoms. The molecule has 0 saturated carbocycles. The summed E-state index contributed by atoms with van der Waals surface area (Å²) in [7, 11) is 0. The number of anilines is 1. The normalized spacial score (nSPS) is 18.7. The lowest BCUT2D eigenvalue weighted by Gasteiger charge is -2.32. The Balaban J connectivity index is 1.26. The Bertz CT molecular complexity index is 1240. The van der Waals surface area contributed by atoms with Crippen molar-refractivity contribution >= 4 is 23.4 Å². The fourth-order valence-corrected chi connectivity index (χ4v) is 5.38. The second-order valence-electron chi connectivity index (χ2n) is 10.0. The maximum Gasteiger partial charge on any atom is 0.249 e. The van der Waals surface area contributed by atoms with Crippen LogP contribution in [0.4, 0.5) is 14.5 Å². The number of benzene rings is 2. The molecule has 2 aromatic rings. The number of nitrogens with zero attached hydrogens (tertiary/aromatic N) is 1. The van der Waals surface area contributed by atoms with Gasteiger partial charge in [0.15, 0.2) is 11.6 Å². The van der Waals surface area contributed by atoms with E-state index in [1.807, 2.05) is 12.1 Å². The predicted octanol–water partition coefficient (Wildman–Crippen LogP) is 4.19. The van der Waals surface area contributed by atoms with E-state index in [9.17, 15) is 23.2 Å². The molecule has 3 N–H and O–H groups in total. The fraction of sp³-hybridized carbons (Fsp3) is 0.414. The molecule has 0 bridgehead atoms. The molecule has 1 saturated heterocycles. The maximum atomic E-state index is 13.9. The number of amides is 3. The molecule has 0 aliphatic carbocycles. The second kappa shape index (κ2) is 12.3. The summed E-state index contributed by atoms with van der Waals surface area (Å²) in [6.45, 7) is 6.38. The number of piperidine rings is 1. The molecule has 2 aromatic carbocycles. The van der Waals surface area contributed by atoms with Crippen LogP contribution in [0.5, 0.6) is 0 Å². The molecule has 2 aliphatic heterocycles. The standard InChI is InChI=1S/C29H34F2N4O3/c1-18-28(24(17-27(37)33-18)22-7-8-25(30)26(31)16-22)29(38)32-11-4-12-35-13-9-20(10-14-35)21-5-3-6-23(15-21)34-19(2)36/h3,5-8,15-16,20,24H,4,9-14,17H2,1-2H3,(H,32,38)(H,33,37)(H,34,36). The molecule has 4 rings (SSSR count). The van der Waals surface area contributed by atoms with E-state index < -0.39 is 17.6 Å². The lowest BCUT2D eigenvalue weighted by molar-refractivity contribution is -0.122. The van der Waals surface area contributed by atoms with Crippen LogP contribution >= 0.6 is 0 Å². The summed E-state index contributed by atoms with van der Waals surface area (Å²) in [5, 5.41) is 8.48. The molecule has 1 fully saturated rings. The van der Waals surface area contributed by atoms with Crippen molar-refractivity contribution in [3.63, 3.8) is 0 Å². The first-order valence-electron chi connectivity index (χ1n) is 13.0. The summed E-state index contributed by atoms with van der Waals surface area (Å²) in [5.41, 5.74) is 3.26. The van der Waals surface area contributed by atoms with Crippen LogP contribution in [0.1, 0.15) is 62.5 Å². The molecular weight excluding hydrogens is 490 g/mol.